The first-order valence-corrected chi connectivity index (χ1v) is 18.3. The number of primary amides is 1. The summed E-state index contributed by atoms with van der Waals surface area (Å²) in [6.07, 6.45) is 2.95. The summed E-state index contributed by atoms with van der Waals surface area (Å²) in [5.74, 6) is -4.18. The van der Waals surface area contributed by atoms with Crippen LogP contribution in [0.3, 0.4) is 0 Å². The molecule has 54 heavy (non-hydrogen) atoms. The molecule has 11 heteroatoms. The van der Waals surface area contributed by atoms with Gasteiger partial charge in [-0.05, 0) is 59.9 Å². The molecule has 0 aliphatic heterocycles. The molecule has 0 heterocycles. The Morgan fingerprint density at radius 1 is 0.611 bits per heavy atom. The Morgan fingerprint density at radius 2 is 1.17 bits per heavy atom. The number of rotatable bonds is 19. The molecule has 0 saturated heterocycles. The molecule has 11 nitrogen and oxygen atoms in total. The molecule has 1 saturated carbocycles. The molecule has 1 unspecified atom stereocenters. The Balaban J connectivity index is 1.19. The van der Waals surface area contributed by atoms with Crippen LogP contribution in [0, 0.1) is 5.92 Å². The lowest BCUT2D eigenvalue weighted by molar-refractivity contribution is -0.141. The van der Waals surface area contributed by atoms with Gasteiger partial charge in [0.25, 0.3) is 5.91 Å². The molecule has 4 aromatic rings. The summed E-state index contributed by atoms with van der Waals surface area (Å²) in [7, 11) is 0. The number of aryl methyl sites for hydroxylation is 1. The molecule has 4 atom stereocenters. The topological polar surface area (TPSA) is 177 Å². The number of hydrogen-bond acceptors (Lipinski definition) is 6. The Kier molecular flexibility index (Phi) is 13.8. The van der Waals surface area contributed by atoms with Crippen LogP contribution in [0.4, 0.5) is 0 Å². The number of benzene rings is 4. The van der Waals surface area contributed by atoms with Gasteiger partial charge in [0.15, 0.2) is 0 Å². The van der Waals surface area contributed by atoms with Gasteiger partial charge in [-0.2, -0.15) is 0 Å². The van der Waals surface area contributed by atoms with Gasteiger partial charge in [0.2, 0.25) is 29.4 Å². The quantitative estimate of drug-likeness (QED) is 0.0922. The monoisotopic (exact) mass is 729 g/mol. The molecule has 1 fully saturated rings. The first kappa shape index (κ1) is 39.1. The van der Waals surface area contributed by atoms with Crippen LogP contribution >= 0.6 is 0 Å². The van der Waals surface area contributed by atoms with Gasteiger partial charge in [-0.3, -0.25) is 28.8 Å². The van der Waals surface area contributed by atoms with Gasteiger partial charge in [0, 0.05) is 6.42 Å². The van der Waals surface area contributed by atoms with Gasteiger partial charge >= 0.3 is 0 Å². The van der Waals surface area contributed by atoms with E-state index in [2.05, 4.69) is 21.3 Å². The first-order chi connectivity index (χ1) is 26.0. The second-order valence-corrected chi connectivity index (χ2v) is 13.8. The van der Waals surface area contributed by atoms with Gasteiger partial charge in [0.05, 0.1) is 12.5 Å². The second-order valence-electron chi connectivity index (χ2n) is 13.8. The molecule has 5 amide bonds. The van der Waals surface area contributed by atoms with Crippen LogP contribution < -0.4 is 27.0 Å². The minimum absolute atomic E-state index is 0.0639. The van der Waals surface area contributed by atoms with Crippen molar-refractivity contribution in [1.82, 2.24) is 21.3 Å². The zero-order valence-electron chi connectivity index (χ0n) is 30.3. The van der Waals surface area contributed by atoms with Crippen LogP contribution in [0.1, 0.15) is 49.3 Å². The highest BCUT2D eigenvalue weighted by Crippen LogP contribution is 2.33. The predicted octanol–water partition coefficient (Wildman–Crippen LogP) is 3.59. The lowest BCUT2D eigenvalue weighted by atomic mass is 10.00. The van der Waals surface area contributed by atoms with Crippen LogP contribution in [0.15, 0.2) is 115 Å². The molecule has 0 spiro atoms. The lowest BCUT2D eigenvalue weighted by Crippen LogP contribution is -2.57. The molecular formula is C43H47N5O6. The van der Waals surface area contributed by atoms with Crippen molar-refractivity contribution in [2.24, 2.45) is 11.7 Å². The van der Waals surface area contributed by atoms with Gasteiger partial charge in [-0.15, -0.1) is 0 Å². The number of carbonyl (C=O) groups excluding carboxylic acids is 6. The highest BCUT2D eigenvalue weighted by molar-refractivity contribution is 6.38. The SMILES string of the molecule is CC(NC(=O)[C@H](CCc1ccccc1)NC(=O)Cc1ccccc1)C(=O)C(=O)N[C@@H](CC1CC1)C(=O)N[C@@H](Cc1ccc(-c2ccccc2)cc1)C(N)=O. The number of nitrogens with two attached hydrogens (primary N) is 1. The van der Waals surface area contributed by atoms with E-state index in [0.717, 1.165) is 40.7 Å². The van der Waals surface area contributed by atoms with E-state index < -0.39 is 53.6 Å². The number of carbonyl (C=O) groups is 6. The lowest BCUT2D eigenvalue weighted by Gasteiger charge is -2.23. The zero-order valence-corrected chi connectivity index (χ0v) is 30.3. The average molecular weight is 730 g/mol. The maximum absolute atomic E-state index is 13.5. The molecule has 0 bridgehead atoms. The van der Waals surface area contributed by atoms with E-state index in [4.69, 9.17) is 5.73 Å². The first-order valence-electron chi connectivity index (χ1n) is 18.3. The number of Topliss-reactive ketones (excluding diaryl/α,β-unsaturated/α-hetero) is 1. The molecular weight excluding hydrogens is 683 g/mol. The Bertz CT molecular complexity index is 1900. The van der Waals surface area contributed by atoms with Crippen molar-refractivity contribution < 1.29 is 28.8 Å². The van der Waals surface area contributed by atoms with Crippen molar-refractivity contribution in [1.29, 1.82) is 0 Å². The summed E-state index contributed by atoms with van der Waals surface area (Å²) in [6.45, 7) is 1.38. The number of ketones is 1. The Labute approximate surface area is 315 Å². The Morgan fingerprint density at radius 3 is 1.76 bits per heavy atom. The molecule has 6 N–H and O–H groups in total. The summed E-state index contributed by atoms with van der Waals surface area (Å²) in [6, 6.07) is 31.6. The van der Waals surface area contributed by atoms with Crippen molar-refractivity contribution in [3.05, 3.63) is 132 Å². The van der Waals surface area contributed by atoms with Gasteiger partial charge < -0.3 is 27.0 Å². The van der Waals surface area contributed by atoms with Gasteiger partial charge in [0.1, 0.15) is 18.1 Å². The zero-order chi connectivity index (χ0) is 38.5. The van der Waals surface area contributed by atoms with E-state index in [1.165, 1.54) is 6.92 Å². The highest BCUT2D eigenvalue weighted by Gasteiger charge is 2.35. The Hall–Kier alpha value is -6.10. The summed E-state index contributed by atoms with van der Waals surface area (Å²) in [5.41, 5.74) is 10.3. The van der Waals surface area contributed by atoms with Crippen LogP contribution in [-0.4, -0.2) is 59.5 Å². The van der Waals surface area contributed by atoms with E-state index >= 15 is 0 Å². The van der Waals surface area contributed by atoms with E-state index in [-0.39, 0.29) is 37.5 Å². The van der Waals surface area contributed by atoms with Crippen LogP contribution in [0.25, 0.3) is 11.1 Å². The van der Waals surface area contributed by atoms with Crippen LogP contribution in [0.2, 0.25) is 0 Å². The number of amides is 5. The second kappa shape index (κ2) is 19.1. The van der Waals surface area contributed by atoms with E-state index in [9.17, 15) is 28.8 Å². The van der Waals surface area contributed by atoms with Crippen molar-refractivity contribution in [2.45, 2.75) is 76.0 Å². The smallest absolute Gasteiger partial charge is 0.290 e. The minimum Gasteiger partial charge on any atom is -0.368 e. The molecule has 1 aliphatic rings. The van der Waals surface area contributed by atoms with Crippen LogP contribution in [0.5, 0.6) is 0 Å². The van der Waals surface area contributed by atoms with Crippen molar-refractivity contribution in [3.8, 4) is 11.1 Å². The van der Waals surface area contributed by atoms with Crippen LogP contribution in [-0.2, 0) is 48.0 Å². The van der Waals surface area contributed by atoms with Crippen molar-refractivity contribution in [2.75, 3.05) is 0 Å². The highest BCUT2D eigenvalue weighted by atomic mass is 16.2. The molecule has 0 aromatic heterocycles. The summed E-state index contributed by atoms with van der Waals surface area (Å²) >= 11 is 0. The van der Waals surface area contributed by atoms with E-state index in [0.29, 0.717) is 6.42 Å². The summed E-state index contributed by atoms with van der Waals surface area (Å²) in [4.78, 5) is 78.9. The third-order valence-electron chi connectivity index (χ3n) is 9.45. The number of hydrogen-bond donors (Lipinski definition) is 5. The average Bonchev–Trinajstić information content (AvgIpc) is 4.01. The molecule has 0 radical (unpaired) electrons. The minimum atomic E-state index is -1.26. The molecule has 4 aromatic carbocycles. The summed E-state index contributed by atoms with van der Waals surface area (Å²) < 4.78 is 0. The third kappa shape index (κ3) is 12.0. The molecule has 1 aliphatic carbocycles. The van der Waals surface area contributed by atoms with Gasteiger partial charge in [-0.1, -0.05) is 128 Å². The fourth-order valence-corrected chi connectivity index (χ4v) is 6.17. The standard InChI is InChI=1S/C43H47N5O6/c1-28(45-41(52)35(24-21-29-11-5-2-6-12-29)46-38(49)27-30-13-7-3-8-14-30)39(50)43(54)48-37(26-31-17-18-31)42(53)47-36(40(44)51)25-32-19-22-34(23-20-32)33-15-9-4-10-16-33/h2-16,19-20,22-23,28,31,35-37H,17-18,21,24-27H2,1H3,(H2,44,51)(H,45,52)(H,46,49)(H,47,53)(H,48,54)/t28?,35-,36-,37-/m0/s1. The summed E-state index contributed by atoms with van der Waals surface area (Å²) in [5, 5.41) is 10.6. The predicted molar refractivity (Wildman–Crippen MR) is 205 cm³/mol. The maximum Gasteiger partial charge on any atom is 0.290 e. The fraction of sp³-hybridized carbons (Fsp3) is 0.302. The van der Waals surface area contributed by atoms with Crippen molar-refractivity contribution in [3.63, 3.8) is 0 Å². The van der Waals surface area contributed by atoms with Gasteiger partial charge in [-0.25, -0.2) is 0 Å². The third-order valence-corrected chi connectivity index (χ3v) is 9.45. The van der Waals surface area contributed by atoms with E-state index in [1.807, 2.05) is 115 Å². The number of nitrogens with one attached hydrogen (secondary N) is 4. The normalized spacial score (nSPS) is 14.4. The maximum atomic E-state index is 13.5. The largest absolute Gasteiger partial charge is 0.368 e. The van der Waals surface area contributed by atoms with Crippen molar-refractivity contribution >= 4 is 35.3 Å². The molecule has 5 rings (SSSR count). The van der Waals surface area contributed by atoms with E-state index in [1.54, 1.807) is 0 Å². The molecule has 280 valence electrons. The fourth-order valence-electron chi connectivity index (χ4n) is 6.17.